The van der Waals surface area contributed by atoms with Crippen LogP contribution in [0.2, 0.25) is 0 Å². The molecule has 1 amide bonds. The normalized spacial score (nSPS) is 13.3. The molecule has 3 N–H and O–H groups in total. The van der Waals surface area contributed by atoms with E-state index < -0.39 is 0 Å². The van der Waals surface area contributed by atoms with Crippen LogP contribution < -0.4 is 10.6 Å². The van der Waals surface area contributed by atoms with E-state index in [9.17, 15) is 14.3 Å². The summed E-state index contributed by atoms with van der Waals surface area (Å²) in [6.45, 7) is 2.25. The molecule has 0 saturated heterocycles. The highest BCUT2D eigenvalue weighted by molar-refractivity contribution is 7.99. The molecule has 7 nitrogen and oxygen atoms in total. The van der Waals surface area contributed by atoms with E-state index in [1.807, 2.05) is 37.3 Å². The van der Waals surface area contributed by atoms with E-state index in [2.05, 4.69) is 15.6 Å². The molecular weight excluding hydrogens is 453 g/mol. The van der Waals surface area contributed by atoms with E-state index in [1.54, 1.807) is 16.8 Å². The molecule has 0 atom stereocenters. The first-order valence-corrected chi connectivity index (χ1v) is 11.9. The quantitative estimate of drug-likeness (QED) is 0.351. The van der Waals surface area contributed by atoms with Gasteiger partial charge in [-0.3, -0.25) is 4.79 Å². The molecule has 0 bridgehead atoms. The summed E-state index contributed by atoms with van der Waals surface area (Å²) in [5.41, 5.74) is 4.49. The molecule has 174 valence electrons. The van der Waals surface area contributed by atoms with E-state index in [-0.39, 0.29) is 18.3 Å². The van der Waals surface area contributed by atoms with E-state index in [1.165, 1.54) is 23.9 Å². The fourth-order valence-electron chi connectivity index (χ4n) is 3.73. The van der Waals surface area contributed by atoms with Crippen LogP contribution in [0.15, 0.2) is 64.6 Å². The third-order valence-electron chi connectivity index (χ3n) is 5.57. The van der Waals surface area contributed by atoms with Crippen molar-refractivity contribution < 1.29 is 14.3 Å². The fraction of sp³-hybridized carbons (Fsp3) is 0.240. The molecule has 34 heavy (non-hydrogen) atoms. The van der Waals surface area contributed by atoms with Crippen LogP contribution in [0.25, 0.3) is 16.9 Å². The third-order valence-corrected chi connectivity index (χ3v) is 6.47. The van der Waals surface area contributed by atoms with Crippen molar-refractivity contribution in [2.24, 2.45) is 0 Å². The maximum atomic E-state index is 13.7. The number of fused-ring (bicyclic) bond motifs is 1. The Morgan fingerprint density at radius 3 is 2.82 bits per heavy atom. The van der Waals surface area contributed by atoms with Crippen molar-refractivity contribution in [3.8, 4) is 11.3 Å². The molecule has 1 fully saturated rings. The van der Waals surface area contributed by atoms with Crippen LogP contribution in [0.4, 0.5) is 10.1 Å². The minimum atomic E-state index is -0.311. The minimum absolute atomic E-state index is 0.0298. The van der Waals surface area contributed by atoms with E-state index in [0.29, 0.717) is 34.5 Å². The van der Waals surface area contributed by atoms with Crippen LogP contribution in [-0.4, -0.2) is 44.8 Å². The number of benzene rings is 2. The van der Waals surface area contributed by atoms with Crippen molar-refractivity contribution in [2.75, 3.05) is 18.5 Å². The number of nitrogens with one attached hydrogen (secondary N) is 2. The van der Waals surface area contributed by atoms with Crippen LogP contribution >= 0.6 is 11.8 Å². The molecule has 4 aromatic rings. The van der Waals surface area contributed by atoms with Crippen LogP contribution in [0.1, 0.15) is 28.8 Å². The zero-order valence-corrected chi connectivity index (χ0v) is 19.4. The SMILES string of the molecule is Cc1cc(-c2cnc3c(NCCO)cc(Sc4cccc(F)c4)nn23)ccc1C(=O)NC1CC1. The second-order valence-corrected chi connectivity index (χ2v) is 9.36. The summed E-state index contributed by atoms with van der Waals surface area (Å²) in [5, 5.41) is 20.9. The Kier molecular flexibility index (Phi) is 6.21. The first-order chi connectivity index (χ1) is 16.5. The molecule has 2 aromatic heterocycles. The molecular formula is C25H24FN5O2S. The summed E-state index contributed by atoms with van der Waals surface area (Å²) in [6.07, 6.45) is 3.82. The molecule has 5 rings (SSSR count). The maximum Gasteiger partial charge on any atom is 0.251 e. The van der Waals surface area contributed by atoms with Crippen molar-refractivity contribution in [3.63, 3.8) is 0 Å². The number of hydrogen-bond acceptors (Lipinski definition) is 6. The summed E-state index contributed by atoms with van der Waals surface area (Å²) >= 11 is 1.34. The highest BCUT2D eigenvalue weighted by atomic mass is 32.2. The van der Waals surface area contributed by atoms with Gasteiger partial charge >= 0.3 is 0 Å². The predicted octanol–water partition coefficient (Wildman–Crippen LogP) is 4.29. The van der Waals surface area contributed by atoms with E-state index in [0.717, 1.165) is 34.6 Å². The molecule has 1 aliphatic carbocycles. The summed E-state index contributed by atoms with van der Waals surface area (Å²) < 4.78 is 15.4. The number of hydrogen-bond donors (Lipinski definition) is 3. The Morgan fingerprint density at radius 2 is 2.09 bits per heavy atom. The number of anilines is 1. The van der Waals surface area contributed by atoms with Gasteiger partial charge in [-0.2, -0.15) is 5.10 Å². The molecule has 2 heterocycles. The molecule has 0 spiro atoms. The lowest BCUT2D eigenvalue weighted by atomic mass is 10.0. The number of aryl methyl sites for hydroxylation is 1. The molecule has 0 unspecified atom stereocenters. The zero-order valence-electron chi connectivity index (χ0n) is 18.6. The molecule has 9 heteroatoms. The number of halogens is 1. The summed E-state index contributed by atoms with van der Waals surface area (Å²) in [7, 11) is 0. The zero-order chi connectivity index (χ0) is 23.7. The number of aliphatic hydroxyl groups is 1. The topological polar surface area (TPSA) is 91.6 Å². The number of aromatic nitrogens is 3. The van der Waals surface area contributed by atoms with Crippen LogP contribution in [0.5, 0.6) is 0 Å². The van der Waals surface area contributed by atoms with E-state index >= 15 is 0 Å². The Bertz CT molecular complexity index is 1370. The maximum absolute atomic E-state index is 13.7. The van der Waals surface area contributed by atoms with Gasteiger partial charge in [0.1, 0.15) is 10.8 Å². The Hall–Kier alpha value is -3.43. The second kappa shape index (κ2) is 9.44. The molecule has 2 aromatic carbocycles. The number of nitrogens with zero attached hydrogens (tertiary/aromatic N) is 3. The van der Waals surface area contributed by atoms with Gasteiger partial charge in [0.05, 0.1) is 24.2 Å². The number of amides is 1. The van der Waals surface area contributed by atoms with Gasteiger partial charge in [0.25, 0.3) is 5.91 Å². The first kappa shape index (κ1) is 22.4. The lowest BCUT2D eigenvalue weighted by Gasteiger charge is -2.11. The molecule has 1 saturated carbocycles. The van der Waals surface area contributed by atoms with E-state index in [4.69, 9.17) is 5.10 Å². The third kappa shape index (κ3) is 4.76. The smallest absolute Gasteiger partial charge is 0.251 e. The van der Waals surface area contributed by atoms with Crippen molar-refractivity contribution in [1.82, 2.24) is 19.9 Å². The largest absolute Gasteiger partial charge is 0.395 e. The average Bonchev–Trinajstić information content (AvgIpc) is 3.52. The summed E-state index contributed by atoms with van der Waals surface area (Å²) in [6, 6.07) is 14.2. The lowest BCUT2D eigenvalue weighted by Crippen LogP contribution is -2.26. The molecule has 0 aliphatic heterocycles. The Labute approximate surface area is 200 Å². The van der Waals surface area contributed by atoms with Gasteiger partial charge in [-0.1, -0.05) is 23.9 Å². The minimum Gasteiger partial charge on any atom is -0.395 e. The van der Waals surface area contributed by atoms with Crippen LogP contribution in [0.3, 0.4) is 0 Å². The number of rotatable bonds is 8. The average molecular weight is 478 g/mol. The highest BCUT2D eigenvalue weighted by Crippen LogP contribution is 2.32. The fourth-order valence-corrected chi connectivity index (χ4v) is 4.59. The van der Waals surface area contributed by atoms with Crippen molar-refractivity contribution >= 4 is 29.0 Å². The standard InChI is InChI=1S/C25H24FN5O2S/c1-15-11-16(5-8-20(15)25(33)29-18-6-7-18)22-14-28-24-21(27-9-10-32)13-23(30-31(22)24)34-19-4-2-3-17(26)12-19/h2-5,8,11-14,18,27,32H,6-7,9-10H2,1H3,(H,29,33). The van der Waals surface area contributed by atoms with Gasteiger partial charge in [0, 0.05) is 28.6 Å². The highest BCUT2D eigenvalue weighted by Gasteiger charge is 2.24. The van der Waals surface area contributed by atoms with Gasteiger partial charge in [-0.15, -0.1) is 0 Å². The van der Waals surface area contributed by atoms with Crippen molar-refractivity contribution in [2.45, 2.75) is 35.7 Å². The van der Waals surface area contributed by atoms with Crippen molar-refractivity contribution in [3.05, 3.63) is 71.7 Å². The Balaban J connectivity index is 1.53. The first-order valence-electron chi connectivity index (χ1n) is 11.1. The van der Waals surface area contributed by atoms with Gasteiger partial charge in [0.2, 0.25) is 0 Å². The predicted molar refractivity (Wildman–Crippen MR) is 130 cm³/mol. The number of imidazole rings is 1. The number of aliphatic hydroxyl groups excluding tert-OH is 1. The Morgan fingerprint density at radius 1 is 1.24 bits per heavy atom. The van der Waals surface area contributed by atoms with Crippen LogP contribution in [0, 0.1) is 12.7 Å². The summed E-state index contributed by atoms with van der Waals surface area (Å²) in [5.74, 6) is -0.360. The monoisotopic (exact) mass is 477 g/mol. The number of carbonyl (C=O) groups is 1. The molecule has 1 aliphatic rings. The van der Waals surface area contributed by atoms with Crippen molar-refractivity contribution in [1.29, 1.82) is 0 Å². The van der Waals surface area contributed by atoms with Gasteiger partial charge in [-0.05, 0) is 61.7 Å². The van der Waals surface area contributed by atoms with Gasteiger partial charge in [-0.25, -0.2) is 13.9 Å². The second-order valence-electron chi connectivity index (χ2n) is 8.26. The van der Waals surface area contributed by atoms with Crippen LogP contribution in [-0.2, 0) is 0 Å². The summed E-state index contributed by atoms with van der Waals surface area (Å²) in [4.78, 5) is 17.8. The number of carbonyl (C=O) groups excluding carboxylic acids is 1. The van der Waals surface area contributed by atoms with Gasteiger partial charge in [0.15, 0.2) is 5.65 Å². The van der Waals surface area contributed by atoms with Gasteiger partial charge < -0.3 is 15.7 Å². The lowest BCUT2D eigenvalue weighted by molar-refractivity contribution is 0.0950. The molecule has 0 radical (unpaired) electrons.